The second-order valence-corrected chi connectivity index (χ2v) is 8.66. The first-order valence-corrected chi connectivity index (χ1v) is 11.7. The van der Waals surface area contributed by atoms with Crippen LogP contribution in [0.25, 0.3) is 10.6 Å². The van der Waals surface area contributed by atoms with Gasteiger partial charge in [0.15, 0.2) is 5.96 Å². The molecule has 0 aliphatic heterocycles. The van der Waals surface area contributed by atoms with Crippen molar-refractivity contribution in [3.05, 3.63) is 35.3 Å². The molecule has 1 aliphatic carbocycles. The number of hydrogen-bond acceptors (Lipinski definition) is 5. The standard InChI is InChI=1S/C23H34N4O2S/c1-4-29-14-13-23(11-5-6-12-23)17-26-22(24-2)25-15-19-16-30-21(27-19)18-7-9-20(28-3)10-8-18/h7-10,16H,4-6,11-15,17H2,1-3H3,(H2,24,25,26). The Hall–Kier alpha value is -2.12. The van der Waals surface area contributed by atoms with E-state index in [0.29, 0.717) is 12.0 Å². The van der Waals surface area contributed by atoms with Crippen LogP contribution in [0.15, 0.2) is 34.6 Å². The molecule has 0 spiro atoms. The zero-order chi connectivity index (χ0) is 21.2. The number of rotatable bonds is 10. The number of aliphatic imine (C=N–C) groups is 1. The third-order valence-electron chi connectivity index (χ3n) is 5.83. The second kappa shape index (κ2) is 11.3. The monoisotopic (exact) mass is 430 g/mol. The van der Waals surface area contributed by atoms with Gasteiger partial charge in [0.25, 0.3) is 0 Å². The fourth-order valence-electron chi connectivity index (χ4n) is 3.99. The van der Waals surface area contributed by atoms with E-state index in [2.05, 4.69) is 27.9 Å². The van der Waals surface area contributed by atoms with Gasteiger partial charge in [0, 0.05) is 37.7 Å². The van der Waals surface area contributed by atoms with Gasteiger partial charge in [-0.2, -0.15) is 0 Å². The molecule has 3 rings (SSSR count). The zero-order valence-electron chi connectivity index (χ0n) is 18.4. The van der Waals surface area contributed by atoms with Crippen LogP contribution in [0.4, 0.5) is 0 Å². The molecular formula is C23H34N4O2S. The maximum Gasteiger partial charge on any atom is 0.191 e. The molecule has 1 saturated carbocycles. The Balaban J connectivity index is 1.51. The molecule has 6 nitrogen and oxygen atoms in total. The van der Waals surface area contributed by atoms with Crippen molar-refractivity contribution in [2.24, 2.45) is 10.4 Å². The Morgan fingerprint density at radius 3 is 2.63 bits per heavy atom. The van der Waals surface area contributed by atoms with E-state index in [1.54, 1.807) is 18.4 Å². The number of benzene rings is 1. The smallest absolute Gasteiger partial charge is 0.191 e. The van der Waals surface area contributed by atoms with Crippen LogP contribution in [0.5, 0.6) is 5.75 Å². The number of nitrogens with zero attached hydrogens (tertiary/aromatic N) is 2. The topological polar surface area (TPSA) is 67.8 Å². The summed E-state index contributed by atoms with van der Waals surface area (Å²) in [6.07, 6.45) is 6.27. The largest absolute Gasteiger partial charge is 0.497 e. The Kier molecular flexibility index (Phi) is 8.51. The van der Waals surface area contributed by atoms with E-state index >= 15 is 0 Å². The molecule has 1 aromatic heterocycles. The Labute approximate surface area is 184 Å². The molecule has 30 heavy (non-hydrogen) atoms. The van der Waals surface area contributed by atoms with Crippen molar-refractivity contribution in [3.8, 4) is 16.3 Å². The molecule has 0 atom stereocenters. The highest BCUT2D eigenvalue weighted by molar-refractivity contribution is 7.13. The van der Waals surface area contributed by atoms with Gasteiger partial charge in [-0.15, -0.1) is 11.3 Å². The van der Waals surface area contributed by atoms with Crippen LogP contribution in [0.2, 0.25) is 0 Å². The van der Waals surface area contributed by atoms with Gasteiger partial charge >= 0.3 is 0 Å². The number of thiazole rings is 1. The number of aromatic nitrogens is 1. The van der Waals surface area contributed by atoms with E-state index in [-0.39, 0.29) is 0 Å². The molecule has 0 saturated heterocycles. The highest BCUT2D eigenvalue weighted by Crippen LogP contribution is 2.40. The lowest BCUT2D eigenvalue weighted by molar-refractivity contribution is 0.105. The summed E-state index contributed by atoms with van der Waals surface area (Å²) in [5.41, 5.74) is 2.45. The summed E-state index contributed by atoms with van der Waals surface area (Å²) in [7, 11) is 3.50. The minimum absolute atomic E-state index is 0.328. The van der Waals surface area contributed by atoms with Gasteiger partial charge in [-0.05, 0) is 55.9 Å². The lowest BCUT2D eigenvalue weighted by Gasteiger charge is -2.30. The summed E-state index contributed by atoms with van der Waals surface area (Å²) in [5, 5.41) is 10.1. The minimum Gasteiger partial charge on any atom is -0.497 e. The van der Waals surface area contributed by atoms with Crippen LogP contribution < -0.4 is 15.4 Å². The summed E-state index contributed by atoms with van der Waals surface area (Å²) >= 11 is 1.65. The molecule has 0 amide bonds. The molecular weight excluding hydrogens is 396 g/mol. The maximum atomic E-state index is 5.62. The second-order valence-electron chi connectivity index (χ2n) is 7.81. The highest BCUT2D eigenvalue weighted by atomic mass is 32.1. The molecule has 1 heterocycles. The fourth-order valence-corrected chi connectivity index (χ4v) is 4.82. The van der Waals surface area contributed by atoms with Crippen molar-refractivity contribution in [3.63, 3.8) is 0 Å². The normalized spacial score (nSPS) is 15.9. The van der Waals surface area contributed by atoms with E-state index < -0.39 is 0 Å². The van der Waals surface area contributed by atoms with Crippen LogP contribution >= 0.6 is 11.3 Å². The number of guanidine groups is 1. The first kappa shape index (κ1) is 22.6. The van der Waals surface area contributed by atoms with Gasteiger partial charge in [-0.3, -0.25) is 4.99 Å². The van der Waals surface area contributed by atoms with Crippen molar-refractivity contribution in [1.82, 2.24) is 15.6 Å². The summed E-state index contributed by atoms with van der Waals surface area (Å²) in [6.45, 7) is 5.28. The summed E-state index contributed by atoms with van der Waals surface area (Å²) < 4.78 is 10.9. The fraction of sp³-hybridized carbons (Fsp3) is 0.565. The van der Waals surface area contributed by atoms with Crippen molar-refractivity contribution < 1.29 is 9.47 Å². The molecule has 1 aromatic carbocycles. The molecule has 7 heteroatoms. The molecule has 2 N–H and O–H groups in total. The summed E-state index contributed by atoms with van der Waals surface area (Å²) in [6, 6.07) is 8.01. The van der Waals surface area contributed by atoms with Crippen LogP contribution in [0.1, 0.15) is 44.7 Å². The van der Waals surface area contributed by atoms with Gasteiger partial charge in [0.2, 0.25) is 0 Å². The van der Waals surface area contributed by atoms with Gasteiger partial charge in [-0.1, -0.05) is 12.8 Å². The molecule has 0 unspecified atom stereocenters. The van der Waals surface area contributed by atoms with Gasteiger partial charge in [0.1, 0.15) is 10.8 Å². The van der Waals surface area contributed by atoms with E-state index in [0.717, 1.165) is 54.2 Å². The molecule has 0 bridgehead atoms. The van der Waals surface area contributed by atoms with Gasteiger partial charge < -0.3 is 20.1 Å². The van der Waals surface area contributed by atoms with Crippen molar-refractivity contribution in [1.29, 1.82) is 0 Å². The lowest BCUT2D eigenvalue weighted by atomic mass is 9.83. The first-order valence-electron chi connectivity index (χ1n) is 10.8. The van der Waals surface area contributed by atoms with Crippen molar-refractivity contribution in [2.45, 2.75) is 45.6 Å². The molecule has 1 aliphatic rings. The van der Waals surface area contributed by atoms with E-state index in [9.17, 15) is 0 Å². The van der Waals surface area contributed by atoms with Gasteiger partial charge in [-0.25, -0.2) is 4.98 Å². The zero-order valence-corrected chi connectivity index (χ0v) is 19.2. The average molecular weight is 431 g/mol. The summed E-state index contributed by atoms with van der Waals surface area (Å²) in [4.78, 5) is 9.16. The Morgan fingerprint density at radius 2 is 1.97 bits per heavy atom. The molecule has 2 aromatic rings. The Morgan fingerprint density at radius 1 is 1.20 bits per heavy atom. The van der Waals surface area contributed by atoms with E-state index in [1.807, 2.05) is 31.3 Å². The predicted octanol–water partition coefficient (Wildman–Crippen LogP) is 4.47. The highest BCUT2D eigenvalue weighted by Gasteiger charge is 2.33. The number of ether oxygens (including phenoxy) is 2. The summed E-state index contributed by atoms with van der Waals surface area (Å²) in [5.74, 6) is 1.69. The molecule has 164 valence electrons. The maximum absolute atomic E-state index is 5.62. The number of methoxy groups -OCH3 is 1. The molecule has 1 fully saturated rings. The quantitative estimate of drug-likeness (QED) is 0.331. The van der Waals surface area contributed by atoms with E-state index in [1.165, 1.54) is 25.7 Å². The third-order valence-corrected chi connectivity index (χ3v) is 6.77. The molecule has 0 radical (unpaired) electrons. The van der Waals surface area contributed by atoms with Crippen molar-refractivity contribution >= 4 is 17.3 Å². The van der Waals surface area contributed by atoms with E-state index in [4.69, 9.17) is 14.5 Å². The van der Waals surface area contributed by atoms with Crippen LogP contribution in [-0.2, 0) is 11.3 Å². The predicted molar refractivity (Wildman–Crippen MR) is 124 cm³/mol. The van der Waals surface area contributed by atoms with Crippen LogP contribution in [0.3, 0.4) is 0 Å². The number of hydrogen-bond donors (Lipinski definition) is 2. The van der Waals surface area contributed by atoms with Crippen LogP contribution in [0, 0.1) is 5.41 Å². The van der Waals surface area contributed by atoms with Crippen molar-refractivity contribution in [2.75, 3.05) is 33.9 Å². The first-order chi connectivity index (χ1) is 14.7. The van der Waals surface area contributed by atoms with Crippen LogP contribution in [-0.4, -0.2) is 44.9 Å². The van der Waals surface area contributed by atoms with Gasteiger partial charge in [0.05, 0.1) is 19.3 Å². The minimum atomic E-state index is 0.328. The SMILES string of the molecule is CCOCCC1(CNC(=NC)NCc2csc(-c3ccc(OC)cc3)n2)CCCC1. The number of nitrogens with one attached hydrogen (secondary N) is 2. The Bertz CT molecular complexity index is 798. The third kappa shape index (κ3) is 6.19. The lowest BCUT2D eigenvalue weighted by Crippen LogP contribution is -2.43. The average Bonchev–Trinajstić information content (AvgIpc) is 3.44.